The highest BCUT2D eigenvalue weighted by Gasteiger charge is 2.45. The lowest BCUT2D eigenvalue weighted by molar-refractivity contribution is -0.135. The van der Waals surface area contributed by atoms with Gasteiger partial charge in [-0.15, -0.1) is 0 Å². The number of hydrogen-bond donors (Lipinski definition) is 0. The van der Waals surface area contributed by atoms with Gasteiger partial charge in [-0.25, -0.2) is 4.39 Å². The number of Topliss-reactive ketones (excluding diaryl/α,β-unsaturated/α-hetero) is 2. The van der Waals surface area contributed by atoms with Gasteiger partial charge in [0.1, 0.15) is 18.2 Å². The van der Waals surface area contributed by atoms with Gasteiger partial charge in [0.05, 0.1) is 0 Å². The Balaban J connectivity index is 1.26. The van der Waals surface area contributed by atoms with E-state index in [1.54, 1.807) is 6.07 Å². The number of fused-ring (bicyclic) bond motifs is 3. The minimum atomic E-state index is -0.350. The maximum Gasteiger partial charge on any atom is 0.198 e. The third-order valence-electron chi connectivity index (χ3n) is 8.58. The summed E-state index contributed by atoms with van der Waals surface area (Å²) in [5.41, 5.74) is 10.4. The zero-order valence-electron chi connectivity index (χ0n) is 23.7. The van der Waals surface area contributed by atoms with Crippen molar-refractivity contribution in [3.05, 3.63) is 87.2 Å². The first-order valence-corrected chi connectivity index (χ1v) is 14.5. The summed E-state index contributed by atoms with van der Waals surface area (Å²) >= 11 is 0. The van der Waals surface area contributed by atoms with Crippen molar-refractivity contribution in [2.75, 3.05) is 0 Å². The standard InChI is InChI=1S/C35H39FO3/c1-5-25-17-30-28(16-27-18-31(27)30)19-34(25)39-20-29-15-26(11-12-32(29)36)35-21(2)13-24(14-22(35)3)9-7-6-8-10-33(38)23(4)37/h11-15,17,19,27,31H,5-10,16,18,20H2,1-4H3. The van der Waals surface area contributed by atoms with Crippen LogP contribution in [0.1, 0.15) is 90.8 Å². The zero-order valence-corrected chi connectivity index (χ0v) is 23.7. The van der Waals surface area contributed by atoms with E-state index in [2.05, 4.69) is 45.0 Å². The molecule has 3 nitrogen and oxygen atoms in total. The smallest absolute Gasteiger partial charge is 0.198 e. The van der Waals surface area contributed by atoms with Gasteiger partial charge in [-0.2, -0.15) is 0 Å². The Morgan fingerprint density at radius 2 is 1.74 bits per heavy atom. The van der Waals surface area contributed by atoms with Gasteiger partial charge in [-0.3, -0.25) is 9.59 Å². The maximum atomic E-state index is 14.9. The largest absolute Gasteiger partial charge is 0.489 e. The summed E-state index contributed by atoms with van der Waals surface area (Å²) in [7, 11) is 0. The molecule has 0 bridgehead atoms. The zero-order chi connectivity index (χ0) is 27.7. The Kier molecular flexibility index (Phi) is 8.02. The van der Waals surface area contributed by atoms with Crippen molar-refractivity contribution < 1.29 is 18.7 Å². The summed E-state index contributed by atoms with van der Waals surface area (Å²) in [5, 5.41) is 0. The van der Waals surface area contributed by atoms with Crippen molar-refractivity contribution in [1.29, 1.82) is 0 Å². The highest BCUT2D eigenvalue weighted by Crippen LogP contribution is 2.57. The van der Waals surface area contributed by atoms with Crippen molar-refractivity contribution in [3.8, 4) is 16.9 Å². The van der Waals surface area contributed by atoms with E-state index in [0.717, 1.165) is 67.2 Å². The van der Waals surface area contributed by atoms with Crippen molar-refractivity contribution in [2.24, 2.45) is 5.92 Å². The van der Waals surface area contributed by atoms with Crippen LogP contribution in [-0.2, 0) is 35.5 Å². The number of halogens is 1. The van der Waals surface area contributed by atoms with Gasteiger partial charge in [0, 0.05) is 18.9 Å². The Morgan fingerprint density at radius 1 is 0.974 bits per heavy atom. The lowest BCUT2D eigenvalue weighted by atomic mass is 9.91. The van der Waals surface area contributed by atoms with Crippen LogP contribution in [0.4, 0.5) is 4.39 Å². The number of carbonyl (C=O) groups excluding carboxylic acids is 2. The first kappa shape index (κ1) is 27.3. The normalized spacial score (nSPS) is 17.1. The lowest BCUT2D eigenvalue weighted by Crippen LogP contribution is -2.08. The summed E-state index contributed by atoms with van der Waals surface area (Å²) in [4.78, 5) is 22.6. The molecule has 204 valence electrons. The van der Waals surface area contributed by atoms with Crippen molar-refractivity contribution in [1.82, 2.24) is 0 Å². The van der Waals surface area contributed by atoms with E-state index < -0.39 is 0 Å². The number of unbranched alkanes of at least 4 members (excludes halogenated alkanes) is 2. The van der Waals surface area contributed by atoms with Gasteiger partial charge < -0.3 is 4.74 Å². The van der Waals surface area contributed by atoms with E-state index in [1.807, 2.05) is 12.1 Å². The first-order valence-electron chi connectivity index (χ1n) is 14.5. The Morgan fingerprint density at radius 3 is 2.46 bits per heavy atom. The second-order valence-electron chi connectivity index (χ2n) is 11.6. The molecule has 0 aromatic heterocycles. The highest BCUT2D eigenvalue weighted by atomic mass is 19.1. The van der Waals surface area contributed by atoms with E-state index in [9.17, 15) is 14.0 Å². The maximum absolute atomic E-state index is 14.9. The van der Waals surface area contributed by atoms with E-state index in [-0.39, 0.29) is 24.0 Å². The Labute approximate surface area is 231 Å². The van der Waals surface area contributed by atoms with E-state index in [1.165, 1.54) is 46.7 Å². The molecule has 0 heterocycles. The summed E-state index contributed by atoms with van der Waals surface area (Å²) in [6, 6.07) is 14.3. The molecule has 1 saturated carbocycles. The Hall–Kier alpha value is -3.27. The van der Waals surface area contributed by atoms with Crippen LogP contribution >= 0.6 is 0 Å². The van der Waals surface area contributed by atoms with Crippen molar-refractivity contribution >= 4 is 11.6 Å². The first-order chi connectivity index (χ1) is 18.7. The van der Waals surface area contributed by atoms with E-state index >= 15 is 0 Å². The topological polar surface area (TPSA) is 43.4 Å². The lowest BCUT2D eigenvalue weighted by Gasteiger charge is -2.17. The number of benzene rings is 3. The number of aryl methyl sites for hydroxylation is 4. The molecule has 0 radical (unpaired) electrons. The summed E-state index contributed by atoms with van der Waals surface area (Å²) < 4.78 is 21.1. The molecular weight excluding hydrogens is 487 g/mol. The molecule has 2 unspecified atom stereocenters. The third kappa shape index (κ3) is 6.00. The second kappa shape index (κ2) is 11.5. The fraction of sp³-hybridized carbons (Fsp3) is 0.429. The van der Waals surface area contributed by atoms with Crippen LogP contribution < -0.4 is 4.74 Å². The number of hydrogen-bond acceptors (Lipinski definition) is 3. The predicted molar refractivity (Wildman–Crippen MR) is 154 cm³/mol. The van der Waals surface area contributed by atoms with Crippen LogP contribution in [0.2, 0.25) is 0 Å². The van der Waals surface area contributed by atoms with Gasteiger partial charge in [0.15, 0.2) is 11.6 Å². The summed E-state index contributed by atoms with van der Waals surface area (Å²) in [6.07, 6.45) is 7.31. The predicted octanol–water partition coefficient (Wildman–Crippen LogP) is 8.17. The molecule has 3 aromatic rings. The van der Waals surface area contributed by atoms with Gasteiger partial charge in [-0.1, -0.05) is 37.6 Å². The minimum absolute atomic E-state index is 0.209. The van der Waals surface area contributed by atoms with Gasteiger partial charge in [0.2, 0.25) is 0 Å². The molecule has 0 saturated heterocycles. The van der Waals surface area contributed by atoms with Crippen molar-refractivity contribution in [3.63, 3.8) is 0 Å². The SMILES string of the molecule is CCc1cc2c(cc1OCc1cc(-c3c(C)cc(CCCCCC(=O)C(C)=O)cc3C)ccc1F)CC1CC21. The van der Waals surface area contributed by atoms with Crippen molar-refractivity contribution in [2.45, 2.75) is 91.6 Å². The molecule has 4 heteroatoms. The second-order valence-corrected chi connectivity index (χ2v) is 11.6. The monoisotopic (exact) mass is 526 g/mol. The molecule has 0 spiro atoms. The molecule has 2 atom stereocenters. The fourth-order valence-corrected chi connectivity index (χ4v) is 6.37. The highest BCUT2D eigenvalue weighted by molar-refractivity contribution is 6.36. The third-order valence-corrected chi connectivity index (χ3v) is 8.58. The number of rotatable bonds is 12. The van der Waals surface area contributed by atoms with Crippen LogP contribution in [0.15, 0.2) is 42.5 Å². The molecule has 0 N–H and O–H groups in total. The number of carbonyl (C=O) groups is 2. The van der Waals surface area contributed by atoms with Gasteiger partial charge >= 0.3 is 0 Å². The molecule has 1 fully saturated rings. The van der Waals surface area contributed by atoms with Crippen LogP contribution in [0.25, 0.3) is 11.1 Å². The average molecular weight is 527 g/mol. The summed E-state index contributed by atoms with van der Waals surface area (Å²) in [5.74, 6) is 1.62. The molecule has 2 aliphatic rings. The molecular formula is C35H39FO3. The average Bonchev–Trinajstić information content (AvgIpc) is 3.58. The molecule has 3 aromatic carbocycles. The number of ether oxygens (including phenoxy) is 1. The molecule has 2 aliphatic carbocycles. The molecule has 5 rings (SSSR count). The van der Waals surface area contributed by atoms with Crippen LogP contribution in [-0.4, -0.2) is 11.6 Å². The van der Waals surface area contributed by atoms with Crippen LogP contribution in [0.5, 0.6) is 5.75 Å². The summed E-state index contributed by atoms with van der Waals surface area (Å²) in [6.45, 7) is 7.92. The fourth-order valence-electron chi connectivity index (χ4n) is 6.37. The Bertz CT molecular complexity index is 1400. The quantitative estimate of drug-likeness (QED) is 0.177. The van der Waals surface area contributed by atoms with E-state index in [4.69, 9.17) is 4.74 Å². The minimum Gasteiger partial charge on any atom is -0.489 e. The van der Waals surface area contributed by atoms with E-state index in [0.29, 0.717) is 12.0 Å². The van der Waals surface area contributed by atoms with Gasteiger partial charge in [-0.05, 0) is 127 Å². The molecule has 39 heavy (non-hydrogen) atoms. The number of ketones is 2. The van der Waals surface area contributed by atoms with Crippen LogP contribution in [0, 0.1) is 25.6 Å². The molecule has 0 aliphatic heterocycles. The van der Waals surface area contributed by atoms with Crippen LogP contribution in [0.3, 0.4) is 0 Å². The van der Waals surface area contributed by atoms with Gasteiger partial charge in [0.25, 0.3) is 0 Å². The molecule has 0 amide bonds.